The van der Waals surface area contributed by atoms with E-state index in [1.807, 2.05) is 32.0 Å². The monoisotopic (exact) mass is 689 g/mol. The molecule has 10 heteroatoms. The SMILES string of the molecule is CCCCCCN1C(=O)c2c3[nH]c(cc4nc(cc5nc(cc6[nH]c2c(c6C)C1=O)C(CC)=C5C)C(C=CC=O)=C4C)[C@@H](C)[C@@H]3CCC(=O)OC. The van der Waals surface area contributed by atoms with Crippen LogP contribution >= 0.6 is 0 Å². The molecule has 0 saturated carbocycles. The molecule has 8 bridgehead atoms. The maximum atomic E-state index is 14.7. The number of ether oxygens (including phenoxy) is 1. The van der Waals surface area contributed by atoms with Gasteiger partial charge in [-0.1, -0.05) is 40.0 Å². The fourth-order valence-corrected chi connectivity index (χ4v) is 7.79. The first kappa shape index (κ1) is 35.7. The van der Waals surface area contributed by atoms with Gasteiger partial charge in [0, 0.05) is 47.3 Å². The first-order valence-corrected chi connectivity index (χ1v) is 18.1. The maximum Gasteiger partial charge on any atom is 0.305 e. The van der Waals surface area contributed by atoms with Gasteiger partial charge in [-0.15, -0.1) is 0 Å². The van der Waals surface area contributed by atoms with Crippen LogP contribution in [0, 0.1) is 6.92 Å². The van der Waals surface area contributed by atoms with Crippen LogP contribution in [0.4, 0.5) is 0 Å². The van der Waals surface area contributed by atoms with E-state index >= 15 is 0 Å². The third-order valence-corrected chi connectivity index (χ3v) is 10.8. The van der Waals surface area contributed by atoms with Crippen molar-refractivity contribution < 1.29 is 23.9 Å². The number of H-pyrrole nitrogens is 2. The topological polar surface area (TPSA) is 138 Å². The highest BCUT2D eigenvalue weighted by molar-refractivity contribution is 6.23. The summed E-state index contributed by atoms with van der Waals surface area (Å²) in [7, 11) is 1.37. The number of rotatable bonds is 11. The van der Waals surface area contributed by atoms with Crippen molar-refractivity contribution in [1.29, 1.82) is 0 Å². The highest BCUT2D eigenvalue weighted by Crippen LogP contribution is 2.45. The minimum atomic E-state index is -0.350. The molecule has 4 aliphatic rings. The number of aryl methyl sites for hydroxylation is 1. The van der Waals surface area contributed by atoms with E-state index < -0.39 is 0 Å². The van der Waals surface area contributed by atoms with Gasteiger partial charge in [0.05, 0.1) is 46.5 Å². The van der Waals surface area contributed by atoms with Crippen LogP contribution in [0.2, 0.25) is 0 Å². The van der Waals surface area contributed by atoms with E-state index in [1.54, 1.807) is 6.08 Å². The van der Waals surface area contributed by atoms with Gasteiger partial charge in [-0.3, -0.25) is 24.1 Å². The number of methoxy groups -OCH3 is 1. The van der Waals surface area contributed by atoms with Gasteiger partial charge in [0.2, 0.25) is 0 Å². The Morgan fingerprint density at radius 3 is 2.35 bits per heavy atom. The van der Waals surface area contributed by atoms with E-state index in [4.69, 9.17) is 14.7 Å². The predicted octanol–water partition coefficient (Wildman–Crippen LogP) is 8.39. The van der Waals surface area contributed by atoms with Gasteiger partial charge in [-0.05, 0) is 92.7 Å². The number of hydrogen-bond acceptors (Lipinski definition) is 7. The fraction of sp³-hybridized carbons (Fsp3) is 0.415. The molecule has 2 aromatic rings. The van der Waals surface area contributed by atoms with Crippen molar-refractivity contribution in [1.82, 2.24) is 24.8 Å². The Morgan fingerprint density at radius 2 is 1.65 bits per heavy atom. The lowest BCUT2D eigenvalue weighted by molar-refractivity contribution is -0.140. The molecule has 2 N–H and O–H groups in total. The van der Waals surface area contributed by atoms with Crippen LogP contribution in [0.15, 0.2) is 30.4 Å². The highest BCUT2D eigenvalue weighted by Gasteiger charge is 2.40. The van der Waals surface area contributed by atoms with E-state index in [-0.39, 0.29) is 36.0 Å². The maximum absolute atomic E-state index is 14.7. The van der Waals surface area contributed by atoms with E-state index in [9.17, 15) is 19.2 Å². The van der Waals surface area contributed by atoms with Crippen LogP contribution in [0.25, 0.3) is 33.3 Å². The Labute approximate surface area is 298 Å². The molecule has 2 atom stereocenters. The van der Waals surface area contributed by atoms with Crippen LogP contribution in [0.3, 0.4) is 0 Å². The van der Waals surface area contributed by atoms with Crippen molar-refractivity contribution in [2.45, 2.75) is 98.3 Å². The molecule has 4 aliphatic heterocycles. The van der Waals surface area contributed by atoms with Gasteiger partial charge in [-0.2, -0.15) is 0 Å². The minimum Gasteiger partial charge on any atom is -0.469 e. The summed E-state index contributed by atoms with van der Waals surface area (Å²) < 4.78 is 5.02. The summed E-state index contributed by atoms with van der Waals surface area (Å²) in [5.41, 5.74) is 11.2. The molecule has 6 rings (SSSR count). The number of nitrogens with one attached hydrogen (secondary N) is 2. The molecule has 6 heterocycles. The number of esters is 1. The number of carbonyl (C=O) groups is 4. The zero-order chi connectivity index (χ0) is 36.6. The molecule has 10 nitrogen and oxygen atoms in total. The third kappa shape index (κ3) is 6.36. The Balaban J connectivity index is 1.73. The molecule has 0 spiro atoms. The first-order chi connectivity index (χ1) is 24.5. The number of unbranched alkanes of at least 4 members (excludes halogenated alkanes) is 3. The number of aromatic amines is 2. The van der Waals surface area contributed by atoms with Crippen molar-refractivity contribution in [3.63, 3.8) is 0 Å². The molecule has 2 aromatic heterocycles. The molecule has 2 amide bonds. The Kier molecular flexibility index (Phi) is 10.2. The Hall–Kier alpha value is -5.12. The normalized spacial score (nSPS) is 17.9. The second-order valence-corrected chi connectivity index (χ2v) is 13.8. The second kappa shape index (κ2) is 14.6. The van der Waals surface area contributed by atoms with Crippen LogP contribution < -0.4 is 0 Å². The lowest BCUT2D eigenvalue weighted by Gasteiger charge is -2.27. The number of fused-ring (bicyclic) bond motifs is 8. The summed E-state index contributed by atoms with van der Waals surface area (Å²) in [5.74, 6) is -1.37. The summed E-state index contributed by atoms with van der Waals surface area (Å²) >= 11 is 0. The van der Waals surface area contributed by atoms with Crippen molar-refractivity contribution in [2.24, 2.45) is 0 Å². The third-order valence-electron chi connectivity index (χ3n) is 10.8. The molecule has 266 valence electrons. The summed E-state index contributed by atoms with van der Waals surface area (Å²) in [4.78, 5) is 71.4. The van der Waals surface area contributed by atoms with Crippen LogP contribution in [0.5, 0.6) is 0 Å². The number of aldehydes is 1. The fourth-order valence-electron chi connectivity index (χ4n) is 7.79. The lowest BCUT2D eigenvalue weighted by Crippen LogP contribution is -2.41. The molecule has 0 aliphatic carbocycles. The summed E-state index contributed by atoms with van der Waals surface area (Å²) in [6, 6.07) is 5.94. The molecule has 0 saturated heterocycles. The molecular formula is C41H47N5O5. The first-order valence-electron chi connectivity index (χ1n) is 18.1. The van der Waals surface area contributed by atoms with Gasteiger partial charge in [-0.25, -0.2) is 9.97 Å². The van der Waals surface area contributed by atoms with Gasteiger partial charge in [0.1, 0.15) is 6.29 Å². The van der Waals surface area contributed by atoms with Crippen molar-refractivity contribution >= 4 is 57.4 Å². The predicted molar refractivity (Wildman–Crippen MR) is 199 cm³/mol. The lowest BCUT2D eigenvalue weighted by atomic mass is 9.84. The molecular weight excluding hydrogens is 642 g/mol. The quantitative estimate of drug-likeness (QED) is 0.0795. The standard InChI is InChI=1S/C41H47N5O5/c1-8-10-11-12-17-46-40(49)36-25(6)32-21-33-26(9-2)22(3)30(42-33)20-34-27(14-13-18-47)23(4)29(43-34)19-31-24(5)28(15-16-35(48)51-7)38(44-31)37(41(46)50)39(36)45-32/h13-14,18-21,24,28,44-45H,8-12,15-17H2,1-7H3/t24-,28-/m0/s1. The van der Waals surface area contributed by atoms with Gasteiger partial charge in [0.15, 0.2) is 0 Å². The number of aromatic nitrogens is 4. The number of carbonyl (C=O) groups excluding carboxylic acids is 4. The summed E-state index contributed by atoms with van der Waals surface area (Å²) in [5, 5.41) is 0. The summed E-state index contributed by atoms with van der Waals surface area (Å²) in [6.07, 6.45) is 9.03. The van der Waals surface area contributed by atoms with E-state index in [0.29, 0.717) is 52.9 Å². The van der Waals surface area contributed by atoms with Gasteiger partial charge < -0.3 is 14.7 Å². The zero-order valence-corrected chi connectivity index (χ0v) is 30.7. The number of hydrogen-bond donors (Lipinski definition) is 2. The van der Waals surface area contributed by atoms with Crippen molar-refractivity contribution in [2.75, 3.05) is 13.7 Å². The minimum absolute atomic E-state index is 0.132. The van der Waals surface area contributed by atoms with E-state index in [1.165, 1.54) is 18.1 Å². The van der Waals surface area contributed by atoms with Crippen LogP contribution in [0.1, 0.15) is 152 Å². The van der Waals surface area contributed by atoms with Crippen molar-refractivity contribution in [3.8, 4) is 0 Å². The molecule has 0 fully saturated rings. The van der Waals surface area contributed by atoms with Gasteiger partial charge in [0.25, 0.3) is 11.8 Å². The summed E-state index contributed by atoms with van der Waals surface area (Å²) in [6.45, 7) is 12.6. The van der Waals surface area contributed by atoms with Crippen molar-refractivity contribution in [3.05, 3.63) is 81.2 Å². The van der Waals surface area contributed by atoms with E-state index in [0.717, 1.165) is 82.6 Å². The average Bonchev–Trinajstić information content (AvgIpc) is 3.79. The molecule has 51 heavy (non-hydrogen) atoms. The Morgan fingerprint density at radius 1 is 0.922 bits per heavy atom. The van der Waals surface area contributed by atoms with Gasteiger partial charge >= 0.3 is 5.97 Å². The highest BCUT2D eigenvalue weighted by atomic mass is 16.5. The number of imide groups is 1. The molecule has 0 radical (unpaired) electrons. The average molecular weight is 690 g/mol. The molecule has 0 unspecified atom stereocenters. The Bertz CT molecular complexity index is 2110. The van der Waals surface area contributed by atoms with Crippen LogP contribution in [-0.2, 0) is 14.3 Å². The zero-order valence-electron chi connectivity index (χ0n) is 30.7. The largest absolute Gasteiger partial charge is 0.469 e. The smallest absolute Gasteiger partial charge is 0.305 e. The molecule has 0 aromatic carbocycles. The number of allylic oxidation sites excluding steroid dienone is 6. The number of amides is 2. The van der Waals surface area contributed by atoms with E-state index in [2.05, 4.69) is 37.7 Å². The second-order valence-electron chi connectivity index (χ2n) is 13.8. The van der Waals surface area contributed by atoms with Crippen LogP contribution in [-0.4, -0.2) is 62.6 Å². The number of nitrogens with zero attached hydrogens (tertiary/aromatic N) is 3.